The van der Waals surface area contributed by atoms with Gasteiger partial charge in [-0.1, -0.05) is 0 Å². The van der Waals surface area contributed by atoms with Crippen molar-refractivity contribution in [2.45, 2.75) is 16.1 Å². The predicted molar refractivity (Wildman–Crippen MR) is 93.1 cm³/mol. The highest BCUT2D eigenvalue weighted by molar-refractivity contribution is 8.55. The molecule has 3 atom stereocenters. The average molecular weight is 447 g/mol. The van der Waals surface area contributed by atoms with Gasteiger partial charge in [-0.3, -0.25) is 9.05 Å². The minimum atomic E-state index is -3.43. The van der Waals surface area contributed by atoms with Gasteiger partial charge < -0.3 is 0 Å². The highest BCUT2D eigenvalue weighted by Gasteiger charge is 2.29. The van der Waals surface area contributed by atoms with Crippen LogP contribution in [0.15, 0.2) is 0 Å². The zero-order valence-corrected chi connectivity index (χ0v) is 16.6. The van der Waals surface area contributed by atoms with Gasteiger partial charge in [-0.15, -0.1) is 69.6 Å². The predicted octanol–water partition coefficient (Wildman–Crippen LogP) is 5.40. The number of hydrogen-bond donors (Lipinski definition) is 0. The van der Waals surface area contributed by atoms with Gasteiger partial charge in [0.25, 0.3) is 0 Å². The number of alkyl halides is 6. The van der Waals surface area contributed by atoms with E-state index in [1.165, 1.54) is 0 Å². The summed E-state index contributed by atoms with van der Waals surface area (Å²) in [5.41, 5.74) is 0. The van der Waals surface area contributed by atoms with Crippen molar-refractivity contribution in [3.63, 3.8) is 0 Å². The van der Waals surface area contributed by atoms with E-state index < -0.39 is 17.6 Å². The molecular weight excluding hydrogens is 432 g/mol. The molecule has 3 unspecified atom stereocenters. The molecule has 0 heterocycles. The Kier molecular flexibility index (Phi) is 14.1. The minimum absolute atomic E-state index is 0.00299. The lowest BCUT2D eigenvalue weighted by atomic mass is 10.5. The highest BCUT2D eigenvalue weighted by Crippen LogP contribution is 2.61. The summed E-state index contributed by atoms with van der Waals surface area (Å²) in [4.78, 5) is 0. The zero-order chi connectivity index (χ0) is 15.6. The molecule has 20 heavy (non-hydrogen) atoms. The molecule has 0 N–H and O–H groups in total. The molecule has 0 rings (SSSR count). The van der Waals surface area contributed by atoms with Gasteiger partial charge in [0, 0.05) is 23.4 Å². The number of halogens is 6. The Bertz CT molecular complexity index is 258. The fraction of sp³-hybridized carbons (Fsp3) is 1.00. The molecule has 3 nitrogen and oxygen atoms in total. The molecule has 0 saturated heterocycles. The van der Waals surface area contributed by atoms with Gasteiger partial charge in [0.15, 0.2) is 0 Å². The molecule has 0 spiro atoms. The summed E-state index contributed by atoms with van der Waals surface area (Å²) in [5.74, 6) is 0.885. The molecule has 0 radical (unpaired) electrons. The van der Waals surface area contributed by atoms with Crippen LogP contribution in [0.25, 0.3) is 0 Å². The van der Waals surface area contributed by atoms with Crippen LogP contribution in [-0.4, -0.2) is 52.7 Å². The molecule has 0 fully saturated rings. The summed E-state index contributed by atoms with van der Waals surface area (Å²) in [6.07, 6.45) is 0. The summed E-state index contributed by atoms with van der Waals surface area (Å²) in [7, 11) is 0. The standard InChI is InChI=1S/C9H15Cl6O3PS/c10-1-7(13)4-17-19(16,18-5-8(14)2-11)20-6-9(15)3-12/h7-9H,1-6H2. The number of rotatable bonds is 12. The zero-order valence-electron chi connectivity index (χ0n) is 10.3. The van der Waals surface area contributed by atoms with Crippen LogP contribution in [0.5, 0.6) is 0 Å². The molecule has 0 aromatic heterocycles. The van der Waals surface area contributed by atoms with Crippen molar-refractivity contribution < 1.29 is 13.6 Å². The SMILES string of the molecule is O=P(OCC(Cl)CCl)(OCC(Cl)CCl)SCC(Cl)CCl. The second-order valence-electron chi connectivity index (χ2n) is 3.59. The van der Waals surface area contributed by atoms with E-state index in [1.54, 1.807) is 0 Å². The van der Waals surface area contributed by atoms with Gasteiger partial charge in [0.1, 0.15) is 0 Å². The van der Waals surface area contributed by atoms with Crippen molar-refractivity contribution >= 4 is 87.8 Å². The fourth-order valence-electron chi connectivity index (χ4n) is 0.762. The van der Waals surface area contributed by atoms with Gasteiger partial charge in [0.2, 0.25) is 0 Å². The van der Waals surface area contributed by atoms with Crippen molar-refractivity contribution in [2.24, 2.45) is 0 Å². The molecule has 11 heteroatoms. The van der Waals surface area contributed by atoms with Crippen LogP contribution in [0, 0.1) is 0 Å². The molecule has 122 valence electrons. The van der Waals surface area contributed by atoms with Gasteiger partial charge in [-0.2, -0.15) is 0 Å². The van der Waals surface area contributed by atoms with Crippen molar-refractivity contribution in [2.75, 3.05) is 36.6 Å². The quantitative estimate of drug-likeness (QED) is 0.297. The molecule has 0 aliphatic heterocycles. The Morgan fingerprint density at radius 1 is 0.850 bits per heavy atom. The largest absolute Gasteiger partial charge is 0.389 e. The van der Waals surface area contributed by atoms with Crippen molar-refractivity contribution in [1.82, 2.24) is 0 Å². The highest BCUT2D eigenvalue weighted by atomic mass is 35.5. The minimum Gasteiger partial charge on any atom is -0.299 e. The third-order valence-corrected chi connectivity index (χ3v) is 8.21. The molecule has 0 aromatic rings. The van der Waals surface area contributed by atoms with E-state index in [0.29, 0.717) is 5.75 Å². The Morgan fingerprint density at radius 3 is 1.60 bits per heavy atom. The Labute approximate surface area is 153 Å². The van der Waals surface area contributed by atoms with Crippen LogP contribution in [0.4, 0.5) is 0 Å². The lowest BCUT2D eigenvalue weighted by molar-refractivity contribution is 0.223. The van der Waals surface area contributed by atoms with E-state index in [9.17, 15) is 4.57 Å². The van der Waals surface area contributed by atoms with Gasteiger partial charge >= 0.3 is 6.80 Å². The van der Waals surface area contributed by atoms with Gasteiger partial charge in [0.05, 0.1) is 29.3 Å². The van der Waals surface area contributed by atoms with Crippen LogP contribution < -0.4 is 0 Å². The van der Waals surface area contributed by atoms with Crippen LogP contribution >= 0.6 is 87.8 Å². The summed E-state index contributed by atoms with van der Waals surface area (Å²) in [5, 5.41) is -1.27. The van der Waals surface area contributed by atoms with Crippen molar-refractivity contribution in [1.29, 1.82) is 0 Å². The maximum atomic E-state index is 12.5. The van der Waals surface area contributed by atoms with Crippen molar-refractivity contribution in [3.05, 3.63) is 0 Å². The first kappa shape index (κ1) is 22.2. The Hall–Kier alpha value is 2.24. The molecule has 0 aliphatic rings. The van der Waals surface area contributed by atoms with E-state index >= 15 is 0 Å². The number of hydrogen-bond acceptors (Lipinski definition) is 4. The first-order valence-electron chi connectivity index (χ1n) is 5.50. The maximum Gasteiger partial charge on any atom is 0.389 e. The van der Waals surface area contributed by atoms with Crippen LogP contribution in [0.1, 0.15) is 0 Å². The van der Waals surface area contributed by atoms with E-state index in [2.05, 4.69) is 0 Å². The second kappa shape index (κ2) is 12.6. The van der Waals surface area contributed by atoms with E-state index in [4.69, 9.17) is 78.7 Å². The van der Waals surface area contributed by atoms with Crippen LogP contribution in [0.2, 0.25) is 0 Å². The summed E-state index contributed by atoms with van der Waals surface area (Å²) in [6, 6.07) is 0. The van der Waals surface area contributed by atoms with Crippen molar-refractivity contribution in [3.8, 4) is 0 Å². The average Bonchev–Trinajstić information content (AvgIpc) is 2.47. The monoisotopic (exact) mass is 444 g/mol. The van der Waals surface area contributed by atoms with Crippen LogP contribution in [0.3, 0.4) is 0 Å². The smallest absolute Gasteiger partial charge is 0.299 e. The van der Waals surface area contributed by atoms with Gasteiger partial charge in [-0.25, -0.2) is 4.57 Å². The molecule has 0 aliphatic carbocycles. The Morgan fingerprint density at radius 2 is 1.25 bits per heavy atom. The molecule has 0 saturated carbocycles. The second-order valence-corrected chi connectivity index (χ2v) is 10.5. The first-order valence-corrected chi connectivity index (χ1v) is 11.5. The maximum absolute atomic E-state index is 12.5. The topological polar surface area (TPSA) is 35.5 Å². The molecule has 0 bridgehead atoms. The summed E-state index contributed by atoms with van der Waals surface area (Å²) < 4.78 is 23.0. The molecular formula is C9H15Cl6O3PS. The lowest BCUT2D eigenvalue weighted by Crippen LogP contribution is -2.14. The molecule has 0 amide bonds. The third-order valence-electron chi connectivity index (χ3n) is 1.74. The normalized spacial score (nSPS) is 19.3. The van der Waals surface area contributed by atoms with E-state index in [1.807, 2.05) is 0 Å². The van der Waals surface area contributed by atoms with Crippen LogP contribution in [-0.2, 0) is 13.6 Å². The third kappa shape index (κ3) is 10.9. The van der Waals surface area contributed by atoms with E-state index in [-0.39, 0.29) is 36.2 Å². The van der Waals surface area contributed by atoms with Gasteiger partial charge in [-0.05, 0) is 11.4 Å². The first-order chi connectivity index (χ1) is 9.36. The molecule has 0 aromatic carbocycles. The summed E-state index contributed by atoms with van der Waals surface area (Å²) in [6.45, 7) is -3.44. The summed E-state index contributed by atoms with van der Waals surface area (Å²) >= 11 is 35.1. The lowest BCUT2D eigenvalue weighted by Gasteiger charge is -2.20. The van der Waals surface area contributed by atoms with E-state index in [0.717, 1.165) is 11.4 Å². The Balaban J connectivity index is 4.45. The fourth-order valence-corrected chi connectivity index (χ4v) is 5.24.